The fourth-order valence-corrected chi connectivity index (χ4v) is 2.08. The average Bonchev–Trinajstić information content (AvgIpc) is 2.34. The molecule has 0 unspecified atom stereocenters. The standard InChI is InChI=1S/C6H9BrN2S/c7-6-2-1-5(10-6)4(9)3-8/h1-2,4H,3,8-9H2/t4-/m1/s1. The number of thiophene rings is 1. The zero-order valence-electron chi connectivity index (χ0n) is 5.38. The van der Waals surface area contributed by atoms with E-state index in [9.17, 15) is 0 Å². The van der Waals surface area contributed by atoms with Crippen molar-refractivity contribution < 1.29 is 0 Å². The maximum atomic E-state index is 5.67. The van der Waals surface area contributed by atoms with Crippen LogP contribution in [0.15, 0.2) is 15.9 Å². The van der Waals surface area contributed by atoms with Gasteiger partial charge in [0, 0.05) is 11.4 Å². The lowest BCUT2D eigenvalue weighted by molar-refractivity contribution is 0.752. The van der Waals surface area contributed by atoms with Crippen LogP contribution in [-0.2, 0) is 0 Å². The predicted molar refractivity (Wildman–Crippen MR) is 48.0 cm³/mol. The summed E-state index contributed by atoms with van der Waals surface area (Å²) < 4.78 is 1.10. The van der Waals surface area contributed by atoms with E-state index in [0.29, 0.717) is 6.54 Å². The summed E-state index contributed by atoms with van der Waals surface area (Å²) in [5.74, 6) is 0. The Morgan fingerprint density at radius 1 is 1.60 bits per heavy atom. The molecule has 0 amide bonds. The summed E-state index contributed by atoms with van der Waals surface area (Å²) in [7, 11) is 0. The molecule has 0 radical (unpaired) electrons. The molecule has 4 heteroatoms. The van der Waals surface area contributed by atoms with E-state index in [1.54, 1.807) is 11.3 Å². The molecule has 2 nitrogen and oxygen atoms in total. The Kier molecular flexibility index (Phi) is 2.85. The molecule has 0 fully saturated rings. The van der Waals surface area contributed by atoms with Crippen LogP contribution in [0, 0.1) is 0 Å². The molecule has 0 aliphatic heterocycles. The van der Waals surface area contributed by atoms with Gasteiger partial charge in [-0.1, -0.05) is 0 Å². The molecule has 0 aliphatic rings. The van der Waals surface area contributed by atoms with Crippen molar-refractivity contribution in [1.82, 2.24) is 0 Å². The van der Waals surface area contributed by atoms with Crippen LogP contribution in [0.3, 0.4) is 0 Å². The second kappa shape index (κ2) is 3.48. The van der Waals surface area contributed by atoms with Crippen LogP contribution >= 0.6 is 27.3 Å². The van der Waals surface area contributed by atoms with Crippen molar-refractivity contribution in [2.24, 2.45) is 11.5 Å². The molecule has 4 N–H and O–H groups in total. The van der Waals surface area contributed by atoms with Crippen molar-refractivity contribution in [3.63, 3.8) is 0 Å². The van der Waals surface area contributed by atoms with Crippen LogP contribution in [0.25, 0.3) is 0 Å². The van der Waals surface area contributed by atoms with Crippen molar-refractivity contribution in [3.8, 4) is 0 Å². The summed E-state index contributed by atoms with van der Waals surface area (Å²) in [6.45, 7) is 0.507. The van der Waals surface area contributed by atoms with Crippen molar-refractivity contribution in [2.45, 2.75) is 6.04 Å². The van der Waals surface area contributed by atoms with Gasteiger partial charge in [-0.15, -0.1) is 11.3 Å². The number of nitrogens with two attached hydrogens (primary N) is 2. The Labute approximate surface area is 72.3 Å². The lowest BCUT2D eigenvalue weighted by atomic mass is 10.3. The van der Waals surface area contributed by atoms with Crippen LogP contribution in [0.1, 0.15) is 10.9 Å². The highest BCUT2D eigenvalue weighted by atomic mass is 79.9. The molecule has 1 rings (SSSR count). The van der Waals surface area contributed by atoms with Gasteiger partial charge in [0.15, 0.2) is 0 Å². The molecule has 1 atom stereocenters. The first-order valence-corrected chi connectivity index (χ1v) is 4.56. The fourth-order valence-electron chi connectivity index (χ4n) is 0.644. The molecule has 1 heterocycles. The quantitative estimate of drug-likeness (QED) is 0.794. The van der Waals surface area contributed by atoms with Crippen LogP contribution < -0.4 is 11.5 Å². The minimum absolute atomic E-state index is 0.00343. The zero-order valence-corrected chi connectivity index (χ0v) is 7.78. The predicted octanol–water partition coefficient (Wildman–Crippen LogP) is 1.47. The average molecular weight is 221 g/mol. The Morgan fingerprint density at radius 3 is 2.70 bits per heavy atom. The van der Waals surface area contributed by atoms with Gasteiger partial charge in [-0.25, -0.2) is 0 Å². The SMILES string of the molecule is NC[C@@H](N)c1ccc(Br)s1. The number of rotatable bonds is 2. The first-order chi connectivity index (χ1) is 4.74. The van der Waals surface area contributed by atoms with E-state index in [2.05, 4.69) is 15.9 Å². The van der Waals surface area contributed by atoms with Gasteiger partial charge in [0.05, 0.1) is 9.83 Å². The monoisotopic (exact) mass is 220 g/mol. The normalized spacial score (nSPS) is 13.5. The molecule has 0 saturated heterocycles. The van der Waals surface area contributed by atoms with E-state index >= 15 is 0 Å². The molecular weight excluding hydrogens is 212 g/mol. The summed E-state index contributed by atoms with van der Waals surface area (Å²) >= 11 is 4.98. The summed E-state index contributed by atoms with van der Waals surface area (Å²) in [5, 5.41) is 0. The third kappa shape index (κ3) is 1.79. The van der Waals surface area contributed by atoms with Crippen LogP contribution in [0.2, 0.25) is 0 Å². The number of hydrogen-bond donors (Lipinski definition) is 2. The smallest absolute Gasteiger partial charge is 0.0701 e. The van der Waals surface area contributed by atoms with Crippen molar-refractivity contribution in [1.29, 1.82) is 0 Å². The largest absolute Gasteiger partial charge is 0.329 e. The molecule has 0 aromatic carbocycles. The minimum Gasteiger partial charge on any atom is -0.329 e. The highest BCUT2D eigenvalue weighted by Gasteiger charge is 2.04. The molecule has 1 aromatic rings. The Hall–Kier alpha value is 0.1000. The summed E-state index contributed by atoms with van der Waals surface area (Å²) in [6.07, 6.45) is 0. The molecular formula is C6H9BrN2S. The second-order valence-electron chi connectivity index (χ2n) is 1.98. The van der Waals surface area contributed by atoms with Crippen molar-refractivity contribution in [3.05, 3.63) is 20.8 Å². The Balaban J connectivity index is 2.74. The van der Waals surface area contributed by atoms with E-state index < -0.39 is 0 Å². The Morgan fingerprint density at radius 2 is 2.30 bits per heavy atom. The minimum atomic E-state index is -0.00343. The van der Waals surface area contributed by atoms with E-state index in [1.807, 2.05) is 12.1 Å². The molecule has 0 saturated carbocycles. The first-order valence-electron chi connectivity index (χ1n) is 2.95. The molecule has 0 bridgehead atoms. The highest BCUT2D eigenvalue weighted by Crippen LogP contribution is 2.25. The topological polar surface area (TPSA) is 52.0 Å². The van der Waals surface area contributed by atoms with E-state index in [-0.39, 0.29) is 6.04 Å². The third-order valence-electron chi connectivity index (χ3n) is 1.21. The van der Waals surface area contributed by atoms with Gasteiger partial charge in [0.2, 0.25) is 0 Å². The molecule has 10 heavy (non-hydrogen) atoms. The molecule has 56 valence electrons. The van der Waals surface area contributed by atoms with E-state index in [1.165, 1.54) is 0 Å². The maximum absolute atomic E-state index is 5.67. The lowest BCUT2D eigenvalue weighted by Gasteiger charge is -2.02. The van der Waals surface area contributed by atoms with Gasteiger partial charge in [-0.05, 0) is 28.1 Å². The van der Waals surface area contributed by atoms with Gasteiger partial charge in [0.25, 0.3) is 0 Å². The summed E-state index contributed by atoms with van der Waals surface area (Å²) in [6, 6.07) is 3.97. The molecule has 0 spiro atoms. The Bertz CT molecular complexity index is 211. The van der Waals surface area contributed by atoms with E-state index in [0.717, 1.165) is 8.66 Å². The maximum Gasteiger partial charge on any atom is 0.0701 e. The van der Waals surface area contributed by atoms with Crippen molar-refractivity contribution in [2.75, 3.05) is 6.54 Å². The van der Waals surface area contributed by atoms with Crippen molar-refractivity contribution >= 4 is 27.3 Å². The lowest BCUT2D eigenvalue weighted by Crippen LogP contribution is -2.19. The first kappa shape index (κ1) is 8.20. The third-order valence-corrected chi connectivity index (χ3v) is 2.97. The highest BCUT2D eigenvalue weighted by molar-refractivity contribution is 9.11. The van der Waals surface area contributed by atoms with Crippen LogP contribution in [0.5, 0.6) is 0 Å². The number of hydrogen-bond acceptors (Lipinski definition) is 3. The van der Waals surface area contributed by atoms with Crippen LogP contribution in [0.4, 0.5) is 0 Å². The van der Waals surface area contributed by atoms with Gasteiger partial charge in [-0.2, -0.15) is 0 Å². The molecule has 0 aliphatic carbocycles. The van der Waals surface area contributed by atoms with Gasteiger partial charge < -0.3 is 11.5 Å². The molecule has 1 aromatic heterocycles. The summed E-state index contributed by atoms with van der Waals surface area (Å²) in [4.78, 5) is 1.13. The fraction of sp³-hybridized carbons (Fsp3) is 0.333. The van der Waals surface area contributed by atoms with Gasteiger partial charge >= 0.3 is 0 Å². The van der Waals surface area contributed by atoms with Gasteiger partial charge in [-0.3, -0.25) is 0 Å². The zero-order chi connectivity index (χ0) is 7.56. The van der Waals surface area contributed by atoms with Gasteiger partial charge in [0.1, 0.15) is 0 Å². The number of halogens is 1. The second-order valence-corrected chi connectivity index (χ2v) is 4.48. The van der Waals surface area contributed by atoms with Crippen LogP contribution in [-0.4, -0.2) is 6.54 Å². The van der Waals surface area contributed by atoms with E-state index in [4.69, 9.17) is 11.5 Å². The summed E-state index contributed by atoms with van der Waals surface area (Å²) in [5.41, 5.74) is 11.1.